The minimum absolute atomic E-state index is 0.101. The Morgan fingerprint density at radius 3 is 2.79 bits per heavy atom. The van der Waals surface area contributed by atoms with Crippen LogP contribution in [-0.4, -0.2) is 25.2 Å². The molecule has 1 unspecified atom stereocenters. The standard InChI is InChI=1S/C14H22N2O2S/c1-14(2)8-6-13(11-14)16-19(17,18)10-7-12-5-3-4-9-15-12/h3-5,9,13,16H,6-8,10-11H2,1-2H3. The fourth-order valence-electron chi connectivity index (χ4n) is 2.63. The molecule has 1 aliphatic rings. The van der Waals surface area contributed by atoms with E-state index in [0.29, 0.717) is 6.42 Å². The average Bonchev–Trinajstić information content (AvgIpc) is 2.67. The Kier molecular flexibility index (Phi) is 4.26. The third kappa shape index (κ3) is 4.58. The number of pyridine rings is 1. The van der Waals surface area contributed by atoms with Crippen molar-refractivity contribution in [3.63, 3.8) is 0 Å². The summed E-state index contributed by atoms with van der Waals surface area (Å²) in [7, 11) is -3.20. The quantitative estimate of drug-likeness (QED) is 0.900. The number of aromatic nitrogens is 1. The van der Waals surface area contributed by atoms with E-state index in [1.807, 2.05) is 18.2 Å². The molecule has 0 radical (unpaired) electrons. The van der Waals surface area contributed by atoms with Gasteiger partial charge in [-0.25, -0.2) is 13.1 Å². The Hall–Kier alpha value is -0.940. The summed E-state index contributed by atoms with van der Waals surface area (Å²) in [6.45, 7) is 4.38. The number of aryl methyl sites for hydroxylation is 1. The lowest BCUT2D eigenvalue weighted by atomic mass is 9.92. The lowest BCUT2D eigenvalue weighted by Gasteiger charge is -2.17. The Morgan fingerprint density at radius 1 is 1.42 bits per heavy atom. The largest absolute Gasteiger partial charge is 0.261 e. The van der Waals surface area contributed by atoms with Gasteiger partial charge in [0, 0.05) is 24.4 Å². The van der Waals surface area contributed by atoms with Crippen molar-refractivity contribution >= 4 is 10.0 Å². The highest BCUT2D eigenvalue weighted by atomic mass is 32.2. The summed E-state index contributed by atoms with van der Waals surface area (Å²) in [5.74, 6) is 0.112. The smallest absolute Gasteiger partial charge is 0.212 e. The van der Waals surface area contributed by atoms with E-state index in [-0.39, 0.29) is 17.2 Å². The van der Waals surface area contributed by atoms with E-state index in [1.54, 1.807) is 6.20 Å². The van der Waals surface area contributed by atoms with Crippen molar-refractivity contribution in [2.45, 2.75) is 45.6 Å². The lowest BCUT2D eigenvalue weighted by molar-refractivity contribution is 0.372. The number of sulfonamides is 1. The van der Waals surface area contributed by atoms with Gasteiger partial charge in [-0.2, -0.15) is 0 Å². The fraction of sp³-hybridized carbons (Fsp3) is 0.643. The zero-order chi connectivity index (χ0) is 13.9. The molecule has 1 aliphatic carbocycles. The van der Waals surface area contributed by atoms with Gasteiger partial charge in [-0.1, -0.05) is 19.9 Å². The summed E-state index contributed by atoms with van der Waals surface area (Å²) in [5, 5.41) is 0. The molecule has 1 atom stereocenters. The first-order valence-corrected chi connectivity index (χ1v) is 8.41. The molecule has 19 heavy (non-hydrogen) atoms. The molecular weight excluding hydrogens is 260 g/mol. The summed E-state index contributed by atoms with van der Waals surface area (Å²) in [6, 6.07) is 5.66. The van der Waals surface area contributed by atoms with Crippen LogP contribution >= 0.6 is 0 Å². The van der Waals surface area contributed by atoms with Crippen molar-refractivity contribution in [1.29, 1.82) is 0 Å². The Morgan fingerprint density at radius 2 is 2.21 bits per heavy atom. The van der Waals surface area contributed by atoms with Crippen LogP contribution in [0.2, 0.25) is 0 Å². The highest BCUT2D eigenvalue weighted by molar-refractivity contribution is 7.89. The van der Waals surface area contributed by atoms with Crippen molar-refractivity contribution in [1.82, 2.24) is 9.71 Å². The highest BCUT2D eigenvalue weighted by Gasteiger charge is 2.32. The number of rotatable bonds is 5. The van der Waals surface area contributed by atoms with Gasteiger partial charge >= 0.3 is 0 Å². The van der Waals surface area contributed by atoms with Crippen molar-refractivity contribution in [3.05, 3.63) is 30.1 Å². The normalized spacial score (nSPS) is 22.5. The topological polar surface area (TPSA) is 59.1 Å². The Labute approximate surface area is 115 Å². The fourth-order valence-corrected chi connectivity index (χ4v) is 3.94. The number of nitrogens with one attached hydrogen (secondary N) is 1. The maximum absolute atomic E-state index is 12.0. The molecule has 106 valence electrons. The summed E-state index contributed by atoms with van der Waals surface area (Å²) in [6.07, 6.45) is 5.10. The van der Waals surface area contributed by atoms with Crippen LogP contribution in [0.4, 0.5) is 0 Å². The molecule has 4 nitrogen and oxygen atoms in total. The van der Waals surface area contributed by atoms with Crippen molar-refractivity contribution in [2.24, 2.45) is 5.41 Å². The van der Waals surface area contributed by atoms with Crippen LogP contribution in [-0.2, 0) is 16.4 Å². The first-order chi connectivity index (χ1) is 8.86. The van der Waals surface area contributed by atoms with Crippen LogP contribution in [0.25, 0.3) is 0 Å². The second-order valence-corrected chi connectivity index (χ2v) is 7.99. The predicted octanol–water partition coefficient (Wildman–Crippen LogP) is 2.12. The van der Waals surface area contributed by atoms with E-state index >= 15 is 0 Å². The van der Waals surface area contributed by atoms with Crippen molar-refractivity contribution < 1.29 is 8.42 Å². The predicted molar refractivity (Wildman–Crippen MR) is 76.3 cm³/mol. The molecule has 1 heterocycles. The van der Waals surface area contributed by atoms with E-state index in [0.717, 1.165) is 25.0 Å². The summed E-state index contributed by atoms with van der Waals surface area (Å²) >= 11 is 0. The SMILES string of the molecule is CC1(C)CCC(NS(=O)(=O)CCc2ccccn2)C1. The second-order valence-electron chi connectivity index (χ2n) is 6.11. The zero-order valence-corrected chi connectivity index (χ0v) is 12.4. The van der Waals surface area contributed by atoms with Crippen LogP contribution in [0, 0.1) is 5.41 Å². The van der Waals surface area contributed by atoms with Crippen molar-refractivity contribution in [2.75, 3.05) is 5.75 Å². The third-order valence-electron chi connectivity index (χ3n) is 3.67. The van der Waals surface area contributed by atoms with Gasteiger partial charge in [0.2, 0.25) is 10.0 Å². The maximum atomic E-state index is 12.0. The van der Waals surface area contributed by atoms with E-state index in [4.69, 9.17) is 0 Å². The van der Waals surface area contributed by atoms with Gasteiger partial charge in [-0.05, 0) is 36.8 Å². The Balaban J connectivity index is 1.86. The molecule has 1 fully saturated rings. The molecule has 1 aromatic rings. The van der Waals surface area contributed by atoms with Gasteiger partial charge in [0.1, 0.15) is 0 Å². The summed E-state index contributed by atoms with van der Waals surface area (Å²) in [4.78, 5) is 4.14. The molecule has 1 saturated carbocycles. The average molecular weight is 282 g/mol. The van der Waals surface area contributed by atoms with E-state index in [9.17, 15) is 8.42 Å². The summed E-state index contributed by atoms with van der Waals surface area (Å²) < 4.78 is 26.9. The van der Waals surface area contributed by atoms with Crippen LogP contribution in [0.5, 0.6) is 0 Å². The zero-order valence-electron chi connectivity index (χ0n) is 11.6. The van der Waals surface area contributed by atoms with Gasteiger partial charge < -0.3 is 0 Å². The van der Waals surface area contributed by atoms with E-state index in [2.05, 4.69) is 23.6 Å². The minimum atomic E-state index is -3.20. The van der Waals surface area contributed by atoms with Gasteiger partial charge in [-0.15, -0.1) is 0 Å². The van der Waals surface area contributed by atoms with E-state index in [1.165, 1.54) is 0 Å². The molecule has 2 rings (SSSR count). The van der Waals surface area contributed by atoms with Crippen LogP contribution in [0.15, 0.2) is 24.4 Å². The minimum Gasteiger partial charge on any atom is -0.261 e. The first-order valence-electron chi connectivity index (χ1n) is 6.76. The molecule has 1 N–H and O–H groups in total. The summed E-state index contributed by atoms with van der Waals surface area (Å²) in [5.41, 5.74) is 1.08. The van der Waals surface area contributed by atoms with Gasteiger partial charge in [0.25, 0.3) is 0 Å². The van der Waals surface area contributed by atoms with E-state index < -0.39 is 10.0 Å². The van der Waals surface area contributed by atoms with Crippen LogP contribution in [0.1, 0.15) is 38.8 Å². The highest BCUT2D eigenvalue weighted by Crippen LogP contribution is 2.37. The molecule has 5 heteroatoms. The molecule has 0 amide bonds. The number of nitrogens with zero attached hydrogens (tertiary/aromatic N) is 1. The van der Waals surface area contributed by atoms with Crippen molar-refractivity contribution in [3.8, 4) is 0 Å². The first kappa shape index (κ1) is 14.5. The molecular formula is C14H22N2O2S. The van der Waals surface area contributed by atoms with Crippen LogP contribution < -0.4 is 4.72 Å². The Bertz CT molecular complexity index is 512. The molecule has 0 bridgehead atoms. The molecule has 0 aromatic carbocycles. The third-order valence-corrected chi connectivity index (χ3v) is 5.10. The lowest BCUT2D eigenvalue weighted by Crippen LogP contribution is -2.35. The van der Waals surface area contributed by atoms with Gasteiger partial charge in [0.15, 0.2) is 0 Å². The van der Waals surface area contributed by atoms with Gasteiger partial charge in [0.05, 0.1) is 5.75 Å². The molecule has 0 aliphatic heterocycles. The number of hydrogen-bond donors (Lipinski definition) is 1. The van der Waals surface area contributed by atoms with Gasteiger partial charge in [-0.3, -0.25) is 4.98 Å². The second kappa shape index (κ2) is 5.59. The molecule has 1 aromatic heterocycles. The maximum Gasteiger partial charge on any atom is 0.212 e. The molecule has 0 saturated heterocycles. The monoisotopic (exact) mass is 282 g/mol. The molecule has 0 spiro atoms. The number of hydrogen-bond acceptors (Lipinski definition) is 3. The van der Waals surface area contributed by atoms with Crippen LogP contribution in [0.3, 0.4) is 0 Å².